The van der Waals surface area contributed by atoms with Crippen molar-refractivity contribution < 1.29 is 9.53 Å². The van der Waals surface area contributed by atoms with Crippen molar-refractivity contribution in [1.82, 2.24) is 9.97 Å². The van der Waals surface area contributed by atoms with E-state index in [1.54, 1.807) is 31.5 Å². The fourth-order valence-corrected chi connectivity index (χ4v) is 2.76. The molecule has 0 saturated heterocycles. The van der Waals surface area contributed by atoms with Gasteiger partial charge in [0.25, 0.3) is 5.91 Å². The maximum atomic E-state index is 12.4. The van der Waals surface area contributed by atoms with Gasteiger partial charge in [-0.25, -0.2) is 9.97 Å². The minimum absolute atomic E-state index is 0.274. The summed E-state index contributed by atoms with van der Waals surface area (Å²) >= 11 is 6.10. The summed E-state index contributed by atoms with van der Waals surface area (Å²) in [7, 11) is 1.65. The lowest BCUT2D eigenvalue weighted by atomic mass is 10.1. The van der Waals surface area contributed by atoms with Crippen molar-refractivity contribution in [2.75, 3.05) is 24.3 Å². The van der Waals surface area contributed by atoms with E-state index >= 15 is 0 Å². The van der Waals surface area contributed by atoms with E-state index in [2.05, 4.69) is 20.6 Å². The van der Waals surface area contributed by atoms with Gasteiger partial charge in [-0.2, -0.15) is 0 Å². The van der Waals surface area contributed by atoms with Crippen LogP contribution in [0, 0.1) is 6.92 Å². The summed E-state index contributed by atoms with van der Waals surface area (Å²) in [5, 5.41) is 6.53. The summed E-state index contributed by atoms with van der Waals surface area (Å²) in [6.07, 6.45) is 2.33. The highest BCUT2D eigenvalue weighted by atomic mass is 35.5. The van der Waals surface area contributed by atoms with Crippen molar-refractivity contribution in [2.24, 2.45) is 0 Å². The summed E-state index contributed by atoms with van der Waals surface area (Å²) in [5.41, 5.74) is 2.98. The van der Waals surface area contributed by atoms with Crippen LogP contribution < -0.4 is 15.4 Å². The molecule has 0 atom stereocenters. The van der Waals surface area contributed by atoms with Gasteiger partial charge < -0.3 is 15.4 Å². The summed E-state index contributed by atoms with van der Waals surface area (Å²) in [5.74, 6) is 0.902. The molecule has 0 aliphatic carbocycles. The number of rotatable bonds is 7. The minimum Gasteiger partial charge on any atom is -0.497 e. The minimum atomic E-state index is -0.321. The Morgan fingerprint density at radius 1 is 1.18 bits per heavy atom. The maximum absolute atomic E-state index is 12.4. The molecule has 0 fully saturated rings. The summed E-state index contributed by atoms with van der Waals surface area (Å²) in [4.78, 5) is 20.9. The number of nitrogens with zero attached hydrogens (tertiary/aromatic N) is 2. The summed E-state index contributed by atoms with van der Waals surface area (Å²) in [6, 6.07) is 14.8. The van der Waals surface area contributed by atoms with Crippen LogP contribution in [0.4, 0.5) is 11.6 Å². The summed E-state index contributed by atoms with van der Waals surface area (Å²) < 4.78 is 5.23. The number of methoxy groups -OCH3 is 1. The van der Waals surface area contributed by atoms with E-state index in [9.17, 15) is 4.79 Å². The van der Waals surface area contributed by atoms with Gasteiger partial charge in [-0.3, -0.25) is 4.79 Å². The second-order valence-corrected chi connectivity index (χ2v) is 6.62. The molecule has 144 valence electrons. The zero-order valence-electron chi connectivity index (χ0n) is 15.7. The number of ether oxygens (including phenoxy) is 1. The fourth-order valence-electron chi connectivity index (χ4n) is 2.58. The molecule has 1 heterocycles. The average molecular weight is 397 g/mol. The topological polar surface area (TPSA) is 76.1 Å². The third-order valence-electron chi connectivity index (χ3n) is 4.15. The van der Waals surface area contributed by atoms with Crippen molar-refractivity contribution in [3.63, 3.8) is 0 Å². The fraction of sp³-hybridized carbons (Fsp3) is 0.190. The molecule has 0 aliphatic heterocycles. The number of hydrogen-bond donors (Lipinski definition) is 2. The number of carbonyl (C=O) groups is 1. The van der Waals surface area contributed by atoms with Crippen molar-refractivity contribution in [3.05, 3.63) is 76.6 Å². The van der Waals surface area contributed by atoms with Gasteiger partial charge in [0.05, 0.1) is 7.11 Å². The Kier molecular flexibility index (Phi) is 6.45. The molecule has 6 nitrogen and oxygen atoms in total. The molecule has 28 heavy (non-hydrogen) atoms. The van der Waals surface area contributed by atoms with E-state index < -0.39 is 0 Å². The molecule has 0 unspecified atom stereocenters. The SMILES string of the molecule is COc1cccc(CCNc2nccc(C(=O)Nc3ccc(C)c(Cl)c3)n2)c1. The molecule has 0 spiro atoms. The van der Waals surface area contributed by atoms with Gasteiger partial charge in [-0.15, -0.1) is 0 Å². The molecule has 2 aromatic carbocycles. The van der Waals surface area contributed by atoms with E-state index in [-0.39, 0.29) is 11.6 Å². The van der Waals surface area contributed by atoms with Crippen molar-refractivity contribution in [1.29, 1.82) is 0 Å². The Balaban J connectivity index is 1.59. The molecule has 0 aliphatic rings. The van der Waals surface area contributed by atoms with Gasteiger partial charge >= 0.3 is 0 Å². The highest BCUT2D eigenvalue weighted by molar-refractivity contribution is 6.31. The normalized spacial score (nSPS) is 10.4. The lowest BCUT2D eigenvalue weighted by Gasteiger charge is -2.09. The number of carbonyl (C=O) groups excluding carboxylic acids is 1. The van der Waals surface area contributed by atoms with Gasteiger partial charge in [0, 0.05) is 23.5 Å². The Bertz CT molecular complexity index is 978. The lowest BCUT2D eigenvalue weighted by Crippen LogP contribution is -2.16. The van der Waals surface area contributed by atoms with Crippen LogP contribution in [-0.4, -0.2) is 29.5 Å². The van der Waals surface area contributed by atoms with E-state index in [4.69, 9.17) is 16.3 Å². The number of aryl methyl sites for hydroxylation is 1. The van der Waals surface area contributed by atoms with Crippen LogP contribution in [0.1, 0.15) is 21.6 Å². The first kappa shape index (κ1) is 19.6. The Morgan fingerprint density at radius 2 is 2.04 bits per heavy atom. The van der Waals surface area contributed by atoms with E-state index in [0.29, 0.717) is 23.2 Å². The largest absolute Gasteiger partial charge is 0.497 e. The number of amides is 1. The van der Waals surface area contributed by atoms with Gasteiger partial charge in [0.15, 0.2) is 0 Å². The zero-order chi connectivity index (χ0) is 19.9. The van der Waals surface area contributed by atoms with Crippen LogP contribution in [0.5, 0.6) is 5.75 Å². The van der Waals surface area contributed by atoms with Crippen molar-refractivity contribution in [2.45, 2.75) is 13.3 Å². The summed E-state index contributed by atoms with van der Waals surface area (Å²) in [6.45, 7) is 2.54. The van der Waals surface area contributed by atoms with Crippen molar-refractivity contribution >= 4 is 29.1 Å². The third kappa shape index (κ3) is 5.20. The number of anilines is 2. The van der Waals surface area contributed by atoms with Crippen LogP contribution in [0.25, 0.3) is 0 Å². The molecule has 3 aromatic rings. The quantitative estimate of drug-likeness (QED) is 0.620. The van der Waals surface area contributed by atoms with Gasteiger partial charge in [-0.05, 0) is 54.8 Å². The number of hydrogen-bond acceptors (Lipinski definition) is 5. The second-order valence-electron chi connectivity index (χ2n) is 6.21. The van der Waals surface area contributed by atoms with Crippen molar-refractivity contribution in [3.8, 4) is 5.75 Å². The molecule has 0 saturated carbocycles. The number of halogens is 1. The smallest absolute Gasteiger partial charge is 0.274 e. The number of nitrogens with one attached hydrogen (secondary N) is 2. The Morgan fingerprint density at radius 3 is 2.82 bits per heavy atom. The predicted octanol–water partition coefficient (Wildman–Crippen LogP) is 4.35. The van der Waals surface area contributed by atoms with E-state index in [1.165, 1.54) is 0 Å². The van der Waals surface area contributed by atoms with Gasteiger partial charge in [0.2, 0.25) is 5.95 Å². The van der Waals surface area contributed by atoms with Crippen LogP contribution in [-0.2, 0) is 6.42 Å². The molecule has 3 rings (SSSR count). The number of aromatic nitrogens is 2. The lowest BCUT2D eigenvalue weighted by molar-refractivity contribution is 0.102. The zero-order valence-corrected chi connectivity index (χ0v) is 16.5. The first-order valence-electron chi connectivity index (χ1n) is 8.82. The van der Waals surface area contributed by atoms with Crippen LogP contribution >= 0.6 is 11.6 Å². The first-order valence-corrected chi connectivity index (χ1v) is 9.20. The molecule has 0 radical (unpaired) electrons. The van der Waals surface area contributed by atoms with Gasteiger partial charge in [-0.1, -0.05) is 29.8 Å². The van der Waals surface area contributed by atoms with Gasteiger partial charge in [0.1, 0.15) is 11.4 Å². The first-order chi connectivity index (χ1) is 13.5. The monoisotopic (exact) mass is 396 g/mol. The molecule has 2 N–H and O–H groups in total. The van der Waals surface area contributed by atoms with Crippen LogP contribution in [0.15, 0.2) is 54.7 Å². The average Bonchev–Trinajstić information content (AvgIpc) is 2.71. The molecule has 0 bridgehead atoms. The molecule has 1 aromatic heterocycles. The third-order valence-corrected chi connectivity index (χ3v) is 4.56. The Hall–Kier alpha value is -3.12. The predicted molar refractivity (Wildman–Crippen MR) is 111 cm³/mol. The Labute approximate surface area is 168 Å². The molecular weight excluding hydrogens is 376 g/mol. The highest BCUT2D eigenvalue weighted by Gasteiger charge is 2.10. The standard InChI is InChI=1S/C21H21ClN4O2/c1-14-6-7-16(13-18(14)22)25-20(27)19-9-11-24-21(26-19)23-10-8-15-4-3-5-17(12-15)28-2/h3-7,9,11-13H,8,10H2,1-2H3,(H,25,27)(H,23,24,26). The number of benzene rings is 2. The molecule has 1 amide bonds. The van der Waals surface area contributed by atoms with Crippen LogP contribution in [0.3, 0.4) is 0 Å². The second kappa shape index (κ2) is 9.19. The van der Waals surface area contributed by atoms with E-state index in [0.717, 1.165) is 23.3 Å². The molecular formula is C21H21ClN4O2. The van der Waals surface area contributed by atoms with E-state index in [1.807, 2.05) is 37.3 Å². The van der Waals surface area contributed by atoms with Crippen LogP contribution in [0.2, 0.25) is 5.02 Å². The highest BCUT2D eigenvalue weighted by Crippen LogP contribution is 2.20. The molecule has 7 heteroatoms. The maximum Gasteiger partial charge on any atom is 0.274 e.